The van der Waals surface area contributed by atoms with Crippen LogP contribution in [0.15, 0.2) is 59.3 Å². The minimum absolute atomic E-state index is 0.0439. The van der Waals surface area contributed by atoms with Crippen molar-refractivity contribution in [1.29, 1.82) is 0 Å². The molecule has 1 aliphatic carbocycles. The fourth-order valence-corrected chi connectivity index (χ4v) is 11.5. The van der Waals surface area contributed by atoms with E-state index >= 15 is 0 Å². The van der Waals surface area contributed by atoms with E-state index in [2.05, 4.69) is 20.8 Å². The van der Waals surface area contributed by atoms with Crippen molar-refractivity contribution in [2.24, 2.45) is 28.7 Å². The number of carboxylic acid groups (broad SMARTS) is 2. The molecule has 0 saturated carbocycles. The number of aromatic nitrogens is 3. The molecule has 24 heteroatoms. The Morgan fingerprint density at radius 3 is 2.18 bits per heavy atom. The summed E-state index contributed by atoms with van der Waals surface area (Å²) in [5.74, 6) is -17.2. The van der Waals surface area contributed by atoms with Gasteiger partial charge < -0.3 is 35.5 Å². The molecule has 22 nitrogen and oxygen atoms in total. The van der Waals surface area contributed by atoms with Crippen molar-refractivity contribution in [2.45, 2.75) is 64.6 Å². The van der Waals surface area contributed by atoms with Crippen molar-refractivity contribution in [2.75, 3.05) is 31.5 Å². The van der Waals surface area contributed by atoms with Crippen LogP contribution >= 0.6 is 22.9 Å². The molecule has 72 heavy (non-hydrogen) atoms. The van der Waals surface area contributed by atoms with Gasteiger partial charge in [-0.2, -0.15) is 0 Å². The van der Waals surface area contributed by atoms with Gasteiger partial charge in [0.25, 0.3) is 11.8 Å². The van der Waals surface area contributed by atoms with Gasteiger partial charge in [-0.25, -0.2) is 0 Å². The lowest BCUT2D eigenvalue weighted by Crippen LogP contribution is -2.56. The number of benzene rings is 2. The molecule has 4 aromatic rings. The predicted molar refractivity (Wildman–Crippen MR) is 254 cm³/mol. The number of nitrogens with zero attached hydrogens (tertiary/aromatic N) is 7. The molecule has 2 aromatic heterocycles. The average Bonchev–Trinajstić information content (AvgIpc) is 3.92. The number of carbonyl (C=O) groups excluding carboxylic acids is 7. The van der Waals surface area contributed by atoms with Crippen LogP contribution in [0.5, 0.6) is 0 Å². The Balaban J connectivity index is 0.957. The van der Waals surface area contributed by atoms with E-state index in [-0.39, 0.29) is 68.2 Å². The van der Waals surface area contributed by atoms with Crippen molar-refractivity contribution >= 4 is 87.6 Å². The molecule has 374 valence electrons. The summed E-state index contributed by atoms with van der Waals surface area (Å²) in [5, 5.41) is 58.3. The lowest BCUT2D eigenvalue weighted by Gasteiger charge is -2.40. The third-order valence-electron chi connectivity index (χ3n) is 14.0. The standard InChI is InChI=1S/C48H46ClN9O13S/c1-20-21(2)72-46-35(20)39(23-7-9-24(49)10-8-23)50-29(18-33-54-53-22(3)57(33)46)43(65)55-13-15-56(16-14-55)44(66)37-27(47(68)69)17-26(38(48(70)71)32(60)19-31(37)59)40(62)51-28-6-4-5-25-36(28)45(67)58(42(25)64)30-11-12-34(61)52-41(30)63/h4-10,19,26-27,29-31,37-38,59-60H,11-18H2,1-3H3,(H,51,62)(H,68,69)(H,70,71)(H,52,61,63)/b32-19+,50-39-. The van der Waals surface area contributed by atoms with Gasteiger partial charge in [-0.1, -0.05) is 29.8 Å². The number of anilines is 1. The second-order valence-corrected chi connectivity index (χ2v) is 19.8. The second-order valence-electron chi connectivity index (χ2n) is 18.2. The fourth-order valence-electron chi connectivity index (χ4n) is 10.2. The number of thiophene rings is 1. The van der Waals surface area contributed by atoms with E-state index in [9.17, 15) is 63.6 Å². The Labute approximate surface area is 418 Å². The maximum absolute atomic E-state index is 14.6. The van der Waals surface area contributed by atoms with E-state index in [0.717, 1.165) is 26.6 Å². The number of rotatable bonds is 8. The number of aliphatic carboxylic acids is 2. The van der Waals surface area contributed by atoms with Crippen molar-refractivity contribution in [3.05, 3.63) is 104 Å². The van der Waals surface area contributed by atoms with Gasteiger partial charge >= 0.3 is 11.9 Å². The minimum atomic E-state index is -2.16. The first-order chi connectivity index (χ1) is 34.2. The van der Waals surface area contributed by atoms with Crippen molar-refractivity contribution in [3.8, 4) is 5.00 Å². The summed E-state index contributed by atoms with van der Waals surface area (Å²) in [5.41, 5.74) is 2.16. The number of hydrogen-bond acceptors (Lipinski definition) is 15. The van der Waals surface area contributed by atoms with Crippen LogP contribution in [-0.4, -0.2) is 153 Å². The molecule has 2 saturated heterocycles. The Morgan fingerprint density at radius 2 is 1.53 bits per heavy atom. The fraction of sp³-hybridized carbons (Fsp3) is 0.375. The van der Waals surface area contributed by atoms with Gasteiger partial charge in [-0.15, -0.1) is 21.5 Å². The monoisotopic (exact) mass is 1020 g/mol. The summed E-state index contributed by atoms with van der Waals surface area (Å²) in [6.45, 7) is 5.43. The number of amides is 7. The Hall–Kier alpha value is -7.63. The number of hydrogen-bond donors (Lipinski definition) is 6. The molecule has 5 aliphatic rings. The number of carbonyl (C=O) groups is 9. The highest BCUT2D eigenvalue weighted by Crippen LogP contribution is 2.40. The number of aliphatic imine (C=N–C) groups is 1. The van der Waals surface area contributed by atoms with Crippen LogP contribution in [0.2, 0.25) is 5.02 Å². The van der Waals surface area contributed by atoms with Crippen molar-refractivity contribution in [1.82, 2.24) is 34.8 Å². The predicted octanol–water partition coefficient (Wildman–Crippen LogP) is 2.22. The number of aliphatic hydroxyl groups excluding tert-OH is 2. The van der Waals surface area contributed by atoms with Gasteiger partial charge in [0, 0.05) is 60.0 Å². The quantitative estimate of drug-likeness (QED) is 0.138. The van der Waals surface area contributed by atoms with E-state index in [1.807, 2.05) is 37.5 Å². The number of aryl methyl sites for hydroxylation is 2. The molecule has 2 fully saturated rings. The highest BCUT2D eigenvalue weighted by Gasteiger charge is 2.51. The van der Waals surface area contributed by atoms with E-state index in [1.165, 1.54) is 28.0 Å². The van der Waals surface area contributed by atoms with Crippen LogP contribution in [0.4, 0.5) is 5.69 Å². The van der Waals surface area contributed by atoms with Gasteiger partial charge in [0.2, 0.25) is 29.5 Å². The number of piperazine rings is 1. The first-order valence-electron chi connectivity index (χ1n) is 22.9. The molecule has 7 atom stereocenters. The zero-order valence-electron chi connectivity index (χ0n) is 38.7. The summed E-state index contributed by atoms with van der Waals surface area (Å²) < 4.78 is 1.93. The molecule has 4 aliphatic heterocycles. The summed E-state index contributed by atoms with van der Waals surface area (Å²) in [7, 11) is 0. The molecule has 9 rings (SSSR count). The molecular formula is C48H46ClN9O13S. The maximum Gasteiger partial charge on any atom is 0.314 e. The van der Waals surface area contributed by atoms with E-state index in [0.29, 0.717) is 33.4 Å². The molecule has 6 N–H and O–H groups in total. The molecule has 7 unspecified atom stereocenters. The topological polar surface area (TPSA) is 311 Å². The third-order valence-corrected chi connectivity index (χ3v) is 15.4. The summed E-state index contributed by atoms with van der Waals surface area (Å²) >= 11 is 7.83. The molecule has 0 radical (unpaired) electrons. The van der Waals surface area contributed by atoms with Crippen LogP contribution in [-0.2, 0) is 40.0 Å². The Morgan fingerprint density at radius 1 is 0.847 bits per heavy atom. The lowest BCUT2D eigenvalue weighted by atomic mass is 9.73. The normalized spacial score (nSPS) is 25.8. The Bertz CT molecular complexity index is 3080. The van der Waals surface area contributed by atoms with Gasteiger partial charge in [-0.05, 0) is 69.5 Å². The smallest absolute Gasteiger partial charge is 0.314 e. The molecule has 0 bridgehead atoms. The largest absolute Gasteiger partial charge is 0.512 e. The van der Waals surface area contributed by atoms with Crippen molar-refractivity contribution < 1.29 is 63.6 Å². The summed E-state index contributed by atoms with van der Waals surface area (Å²) in [6.07, 6.45) is -2.61. The van der Waals surface area contributed by atoms with Crippen LogP contribution in [0.1, 0.15) is 73.2 Å². The molecule has 7 amide bonds. The number of imide groups is 2. The zero-order valence-corrected chi connectivity index (χ0v) is 40.3. The lowest BCUT2D eigenvalue weighted by molar-refractivity contribution is -0.158. The van der Waals surface area contributed by atoms with Gasteiger partial charge in [-0.3, -0.25) is 62.9 Å². The number of nitrogens with one attached hydrogen (secondary N) is 2. The van der Waals surface area contributed by atoms with Gasteiger partial charge in [0.1, 0.15) is 40.4 Å². The van der Waals surface area contributed by atoms with Crippen LogP contribution in [0.25, 0.3) is 5.00 Å². The average molecular weight is 1020 g/mol. The summed E-state index contributed by atoms with van der Waals surface area (Å²) in [6, 6.07) is 8.54. The van der Waals surface area contributed by atoms with Crippen LogP contribution in [0, 0.1) is 44.4 Å². The first-order valence-corrected chi connectivity index (χ1v) is 24.1. The second kappa shape index (κ2) is 19.2. The van der Waals surface area contributed by atoms with Gasteiger partial charge in [0.05, 0.1) is 46.4 Å². The van der Waals surface area contributed by atoms with Crippen LogP contribution in [0.3, 0.4) is 0 Å². The van der Waals surface area contributed by atoms with E-state index < -0.39 is 101 Å². The molecule has 2 aromatic carbocycles. The zero-order chi connectivity index (χ0) is 51.6. The molecular weight excluding hydrogens is 978 g/mol. The third kappa shape index (κ3) is 8.69. The van der Waals surface area contributed by atoms with E-state index in [1.54, 1.807) is 23.5 Å². The Kier molecular flexibility index (Phi) is 13.1. The SMILES string of the molecule is Cc1sc2c(c1C)/C(c1ccc(Cl)cc1)=N\C(C(=O)N1CCN(C(=O)C3C(O)/C=C(/O)C(C(=O)O)C(C(=O)Nc4cccc5c4C(=O)N(C4CCC(=O)NC4=O)C5=O)CC3C(=O)O)CC1)Cc1nnc(C)n1-2. The minimum Gasteiger partial charge on any atom is -0.512 e. The maximum atomic E-state index is 14.6. The van der Waals surface area contributed by atoms with Crippen molar-refractivity contribution in [3.63, 3.8) is 0 Å². The highest BCUT2D eigenvalue weighted by molar-refractivity contribution is 7.15. The van der Waals surface area contributed by atoms with Gasteiger partial charge in [0.15, 0.2) is 0 Å². The first kappa shape index (κ1) is 49.4. The number of piperidine rings is 1. The number of halogens is 1. The molecule has 0 spiro atoms. The highest BCUT2D eigenvalue weighted by atomic mass is 35.5. The number of fused-ring (bicyclic) bond motifs is 4. The van der Waals surface area contributed by atoms with E-state index in [4.69, 9.17) is 16.6 Å². The number of carboxylic acids is 2. The number of aliphatic hydroxyl groups is 2. The van der Waals surface area contributed by atoms with Crippen LogP contribution < -0.4 is 10.6 Å². The molecule has 6 heterocycles. The summed E-state index contributed by atoms with van der Waals surface area (Å²) in [4.78, 5) is 131.